The Bertz CT molecular complexity index is 1280. The van der Waals surface area contributed by atoms with Crippen molar-refractivity contribution >= 4 is 29.0 Å². The number of para-hydroxylation sites is 1. The molecule has 1 aromatic carbocycles. The summed E-state index contributed by atoms with van der Waals surface area (Å²) < 4.78 is 5.42. The lowest BCUT2D eigenvalue weighted by atomic mass is 10.1. The van der Waals surface area contributed by atoms with Crippen molar-refractivity contribution in [2.24, 2.45) is 5.73 Å². The molecule has 32 heavy (non-hydrogen) atoms. The maximum Gasteiger partial charge on any atom is 0.269 e. The van der Waals surface area contributed by atoms with Crippen molar-refractivity contribution in [3.05, 3.63) is 82.1 Å². The van der Waals surface area contributed by atoms with E-state index >= 15 is 0 Å². The molecule has 3 N–H and O–H groups in total. The van der Waals surface area contributed by atoms with Crippen molar-refractivity contribution in [2.45, 2.75) is 13.0 Å². The van der Waals surface area contributed by atoms with Crippen molar-refractivity contribution in [3.63, 3.8) is 0 Å². The molecule has 0 radical (unpaired) electrons. The number of rotatable bonds is 6. The number of nitrogens with two attached hydrogens (primary N) is 1. The zero-order valence-electron chi connectivity index (χ0n) is 17.5. The number of carbonyl (C=O) groups excluding carboxylic acids is 2. The van der Waals surface area contributed by atoms with Crippen LogP contribution >= 0.6 is 0 Å². The number of primary amides is 1. The summed E-state index contributed by atoms with van der Waals surface area (Å²) in [6.07, 6.45) is 0.391. The van der Waals surface area contributed by atoms with Crippen LogP contribution in [0.1, 0.15) is 37.8 Å². The highest BCUT2D eigenvalue weighted by Gasteiger charge is 2.30. The zero-order valence-corrected chi connectivity index (χ0v) is 17.5. The van der Waals surface area contributed by atoms with E-state index in [1.807, 2.05) is 6.07 Å². The number of anilines is 2. The highest BCUT2D eigenvalue weighted by Crippen LogP contribution is 2.35. The number of hydrogen-bond acceptors (Lipinski definition) is 6. The van der Waals surface area contributed by atoms with Crippen molar-refractivity contribution in [3.8, 4) is 5.75 Å². The first-order valence-corrected chi connectivity index (χ1v) is 9.76. The number of hydrogen-bond donors (Lipinski definition) is 2. The van der Waals surface area contributed by atoms with Crippen LogP contribution in [-0.2, 0) is 13.0 Å². The van der Waals surface area contributed by atoms with E-state index in [4.69, 9.17) is 17.0 Å². The van der Waals surface area contributed by atoms with E-state index < -0.39 is 5.91 Å². The number of nitrogens with one attached hydrogen (secondary N) is 1. The van der Waals surface area contributed by atoms with E-state index in [1.54, 1.807) is 48.3 Å². The molecule has 0 saturated carbocycles. The van der Waals surface area contributed by atoms with Crippen LogP contribution in [0.4, 0.5) is 17.2 Å². The van der Waals surface area contributed by atoms with Gasteiger partial charge in [0.1, 0.15) is 5.69 Å². The van der Waals surface area contributed by atoms with Crippen LogP contribution in [-0.4, -0.2) is 40.8 Å². The molecule has 2 amide bonds. The molecule has 0 atom stereocenters. The molecule has 1 aliphatic rings. The number of carbonyl (C=O) groups is 2. The number of methoxy groups -OCH3 is 1. The van der Waals surface area contributed by atoms with Gasteiger partial charge in [0, 0.05) is 7.05 Å². The molecule has 0 bridgehead atoms. The molecule has 0 unspecified atom stereocenters. The summed E-state index contributed by atoms with van der Waals surface area (Å²) in [6.45, 7) is 7.54. The number of benzene rings is 1. The highest BCUT2D eigenvalue weighted by molar-refractivity contribution is 6.04. The smallest absolute Gasteiger partial charge is 0.269 e. The summed E-state index contributed by atoms with van der Waals surface area (Å²) in [6, 6.07) is 12.0. The maximum atomic E-state index is 12.8. The highest BCUT2D eigenvalue weighted by atomic mass is 16.5. The summed E-state index contributed by atoms with van der Waals surface area (Å²) in [5, 5.41) is 3.23. The molecule has 0 fully saturated rings. The molecule has 3 heterocycles. The molecular formula is C23H20N6O3. The number of amides is 2. The lowest BCUT2D eigenvalue weighted by Gasteiger charge is -2.16. The Kier molecular flexibility index (Phi) is 5.43. The van der Waals surface area contributed by atoms with Gasteiger partial charge in [-0.05, 0) is 30.3 Å². The van der Waals surface area contributed by atoms with Crippen molar-refractivity contribution in [1.82, 2.24) is 14.9 Å². The lowest BCUT2D eigenvalue weighted by molar-refractivity contribution is 0.0816. The third-order valence-corrected chi connectivity index (χ3v) is 5.12. The third-order valence-electron chi connectivity index (χ3n) is 5.12. The van der Waals surface area contributed by atoms with Gasteiger partial charge in [-0.25, -0.2) is 0 Å². The van der Waals surface area contributed by atoms with Crippen LogP contribution < -0.4 is 15.8 Å². The van der Waals surface area contributed by atoms with Gasteiger partial charge in [-0.1, -0.05) is 18.7 Å². The Morgan fingerprint density at radius 1 is 1.22 bits per heavy atom. The van der Waals surface area contributed by atoms with E-state index in [9.17, 15) is 9.59 Å². The fraction of sp³-hybridized carbons (Fsp3) is 0.174. The second kappa shape index (κ2) is 8.35. The van der Waals surface area contributed by atoms with E-state index in [-0.39, 0.29) is 17.2 Å². The van der Waals surface area contributed by atoms with E-state index in [0.29, 0.717) is 52.8 Å². The van der Waals surface area contributed by atoms with Crippen LogP contribution in [0.15, 0.2) is 42.5 Å². The summed E-state index contributed by atoms with van der Waals surface area (Å²) in [7, 11) is 3.16. The Labute approximate surface area is 184 Å². The first-order chi connectivity index (χ1) is 15.4. The van der Waals surface area contributed by atoms with Crippen molar-refractivity contribution < 1.29 is 14.3 Å². The number of ether oxygens (including phenoxy) is 1. The van der Waals surface area contributed by atoms with Gasteiger partial charge in [0.05, 0.1) is 54.0 Å². The molecule has 3 aromatic rings. The summed E-state index contributed by atoms with van der Waals surface area (Å²) in [5.41, 5.74) is 9.23. The summed E-state index contributed by atoms with van der Waals surface area (Å²) >= 11 is 0. The largest absolute Gasteiger partial charge is 0.494 e. The van der Waals surface area contributed by atoms with Gasteiger partial charge in [-0.2, -0.15) is 0 Å². The molecule has 0 aliphatic carbocycles. The molecule has 0 saturated heterocycles. The number of pyridine rings is 2. The summed E-state index contributed by atoms with van der Waals surface area (Å²) in [5.74, 6) is -0.172. The topological polar surface area (TPSA) is 115 Å². The van der Waals surface area contributed by atoms with Gasteiger partial charge in [0.25, 0.3) is 17.6 Å². The lowest BCUT2D eigenvalue weighted by Crippen LogP contribution is -2.18. The first-order valence-electron chi connectivity index (χ1n) is 9.76. The predicted octanol–water partition coefficient (Wildman–Crippen LogP) is 3.05. The monoisotopic (exact) mass is 428 g/mol. The number of nitrogens with zero attached hydrogens (tertiary/aromatic N) is 4. The Morgan fingerprint density at radius 2 is 2.00 bits per heavy atom. The average Bonchev–Trinajstić information content (AvgIpc) is 3.07. The molecule has 0 spiro atoms. The number of aromatic nitrogens is 2. The van der Waals surface area contributed by atoms with E-state index in [0.717, 1.165) is 0 Å². The average molecular weight is 428 g/mol. The standard InChI is InChI=1S/C23H20N6O3/c1-25-19-9-4-6-13(27-19)10-14-11-17(20-18(26-14)12-29(2)23(20)31)28-16-8-5-7-15(22(24)30)21(16)32-3/h4-9,11H,10,12H2,2-3H3,(H2,24,30)(H,26,28). The quantitative estimate of drug-likeness (QED) is 0.583. The minimum absolute atomic E-state index is 0.153. The maximum absolute atomic E-state index is 12.8. The van der Waals surface area contributed by atoms with E-state index in [2.05, 4.69) is 20.1 Å². The molecular weight excluding hydrogens is 408 g/mol. The Hall–Kier alpha value is -4.45. The van der Waals surface area contributed by atoms with Crippen LogP contribution in [0.3, 0.4) is 0 Å². The van der Waals surface area contributed by atoms with Crippen molar-refractivity contribution in [1.29, 1.82) is 0 Å². The van der Waals surface area contributed by atoms with Crippen LogP contribution in [0, 0.1) is 6.57 Å². The predicted molar refractivity (Wildman–Crippen MR) is 118 cm³/mol. The van der Waals surface area contributed by atoms with Gasteiger partial charge < -0.3 is 25.5 Å². The summed E-state index contributed by atoms with van der Waals surface area (Å²) in [4.78, 5) is 38.5. The second-order valence-corrected chi connectivity index (χ2v) is 7.30. The molecule has 9 nitrogen and oxygen atoms in total. The minimum atomic E-state index is -0.618. The SMILES string of the molecule is [C-]#[N+]c1cccc(Cc2cc(Nc3cccc(C(N)=O)c3OC)c3c(n2)CN(C)C3=O)n1. The molecule has 4 rings (SSSR count). The second-order valence-electron chi connectivity index (χ2n) is 7.30. The van der Waals surface area contributed by atoms with E-state index in [1.165, 1.54) is 7.11 Å². The molecule has 160 valence electrons. The molecule has 9 heteroatoms. The van der Waals surface area contributed by atoms with Gasteiger partial charge in [0.2, 0.25) is 0 Å². The number of fused-ring (bicyclic) bond motifs is 1. The van der Waals surface area contributed by atoms with Gasteiger partial charge in [0.15, 0.2) is 5.75 Å². The fourth-order valence-electron chi connectivity index (χ4n) is 3.69. The van der Waals surface area contributed by atoms with Gasteiger partial charge >= 0.3 is 0 Å². The Balaban J connectivity index is 1.78. The van der Waals surface area contributed by atoms with Crippen LogP contribution in [0.5, 0.6) is 5.75 Å². The third kappa shape index (κ3) is 3.81. The van der Waals surface area contributed by atoms with Crippen LogP contribution in [0.25, 0.3) is 4.85 Å². The normalized spacial score (nSPS) is 12.3. The zero-order chi connectivity index (χ0) is 22.8. The molecule has 1 aliphatic heterocycles. The van der Waals surface area contributed by atoms with Crippen LogP contribution in [0.2, 0.25) is 0 Å². The first kappa shape index (κ1) is 20.8. The van der Waals surface area contributed by atoms with Gasteiger partial charge in [-0.15, -0.1) is 4.98 Å². The van der Waals surface area contributed by atoms with Crippen molar-refractivity contribution in [2.75, 3.05) is 19.5 Å². The molecule has 2 aromatic heterocycles. The Morgan fingerprint density at radius 3 is 2.72 bits per heavy atom. The minimum Gasteiger partial charge on any atom is -0.494 e. The van der Waals surface area contributed by atoms with Gasteiger partial charge in [-0.3, -0.25) is 14.6 Å². The fourth-order valence-corrected chi connectivity index (χ4v) is 3.69.